The monoisotopic (exact) mass is 303 g/mol. The minimum absolute atomic E-state index is 0.150. The molecule has 0 saturated heterocycles. The molecule has 0 aliphatic heterocycles. The predicted molar refractivity (Wildman–Crippen MR) is 75.8 cm³/mol. The van der Waals surface area contributed by atoms with Gasteiger partial charge in [0.1, 0.15) is 0 Å². The number of hydrogen-bond acceptors (Lipinski definition) is 2. The van der Waals surface area contributed by atoms with Crippen molar-refractivity contribution in [2.75, 3.05) is 0 Å². The normalized spacial score (nSPS) is 10.3. The Kier molecular flexibility index (Phi) is 4.26. The van der Waals surface area contributed by atoms with Crippen LogP contribution in [0, 0.1) is 0 Å². The zero-order valence-electron chi connectivity index (χ0n) is 10.2. The first kappa shape index (κ1) is 13.0. The fraction of sp³-hybridized carbons (Fsp3) is 0.200. The van der Waals surface area contributed by atoms with E-state index in [9.17, 15) is 4.79 Å². The van der Waals surface area contributed by atoms with Gasteiger partial charge in [0.2, 0.25) is 0 Å². The first-order valence-electron chi connectivity index (χ1n) is 5.91. The molecule has 18 heavy (non-hydrogen) atoms. The van der Waals surface area contributed by atoms with Crippen LogP contribution in [-0.2, 0) is 12.8 Å². The molecular formula is C15H14BrNO. The number of aromatic nitrogens is 1. The van der Waals surface area contributed by atoms with Crippen LogP contribution in [0.25, 0.3) is 0 Å². The Morgan fingerprint density at radius 1 is 1.22 bits per heavy atom. The molecule has 0 atom stereocenters. The van der Waals surface area contributed by atoms with Gasteiger partial charge in [0.15, 0.2) is 5.78 Å². The fourth-order valence-electron chi connectivity index (χ4n) is 1.86. The summed E-state index contributed by atoms with van der Waals surface area (Å²) in [5.74, 6) is 0.150. The molecule has 0 amide bonds. The lowest BCUT2D eigenvalue weighted by molar-refractivity contribution is 0.0992. The Labute approximate surface area is 115 Å². The number of rotatable bonds is 4. The largest absolute Gasteiger partial charge is 0.294 e. The highest BCUT2D eigenvalue weighted by atomic mass is 79.9. The number of halogens is 1. The second kappa shape index (κ2) is 5.91. The minimum atomic E-state index is 0.150. The van der Waals surface area contributed by atoms with Gasteiger partial charge in [-0.1, -0.05) is 35.0 Å². The molecule has 2 nitrogen and oxygen atoms in total. The molecule has 1 heterocycles. The molecule has 1 aromatic carbocycles. The third-order valence-corrected chi connectivity index (χ3v) is 3.39. The van der Waals surface area contributed by atoms with Crippen molar-refractivity contribution in [2.45, 2.75) is 19.8 Å². The van der Waals surface area contributed by atoms with Crippen LogP contribution in [0.2, 0.25) is 0 Å². The van der Waals surface area contributed by atoms with Crippen LogP contribution in [0.15, 0.2) is 47.2 Å². The molecule has 0 radical (unpaired) electrons. The average Bonchev–Trinajstić information content (AvgIpc) is 2.41. The molecule has 0 fully saturated rings. The van der Waals surface area contributed by atoms with Crippen molar-refractivity contribution in [1.29, 1.82) is 0 Å². The van der Waals surface area contributed by atoms with Crippen LogP contribution in [-0.4, -0.2) is 10.8 Å². The quantitative estimate of drug-likeness (QED) is 0.804. The number of carbonyl (C=O) groups is 1. The fourth-order valence-corrected chi connectivity index (χ4v) is 2.13. The summed E-state index contributed by atoms with van der Waals surface area (Å²) in [6.07, 6.45) is 4.71. The predicted octanol–water partition coefficient (Wildman–Crippen LogP) is 3.83. The summed E-state index contributed by atoms with van der Waals surface area (Å²) in [4.78, 5) is 16.3. The Morgan fingerprint density at radius 3 is 2.61 bits per heavy atom. The summed E-state index contributed by atoms with van der Waals surface area (Å²) in [5, 5.41) is 0. The van der Waals surface area contributed by atoms with E-state index >= 15 is 0 Å². The number of Topliss-reactive ketones (excluding diaryl/α,β-unsaturated/α-hetero) is 1. The van der Waals surface area contributed by atoms with Crippen LogP contribution in [0.5, 0.6) is 0 Å². The van der Waals surface area contributed by atoms with E-state index in [2.05, 4.69) is 20.9 Å². The maximum atomic E-state index is 12.2. The van der Waals surface area contributed by atoms with E-state index in [1.54, 1.807) is 18.5 Å². The first-order chi connectivity index (χ1) is 8.70. The molecule has 2 aromatic rings. The number of aryl methyl sites for hydroxylation is 1. The molecule has 0 N–H and O–H groups in total. The van der Waals surface area contributed by atoms with Crippen molar-refractivity contribution < 1.29 is 4.79 Å². The maximum Gasteiger partial charge on any atom is 0.167 e. The number of carbonyl (C=O) groups excluding carboxylic acids is 1. The van der Waals surface area contributed by atoms with E-state index in [-0.39, 0.29) is 5.78 Å². The molecular weight excluding hydrogens is 290 g/mol. The van der Waals surface area contributed by atoms with E-state index in [0.717, 1.165) is 27.6 Å². The van der Waals surface area contributed by atoms with Gasteiger partial charge in [-0.2, -0.15) is 0 Å². The highest BCUT2D eigenvalue weighted by molar-refractivity contribution is 9.10. The van der Waals surface area contributed by atoms with E-state index in [1.807, 2.05) is 31.2 Å². The average molecular weight is 304 g/mol. The van der Waals surface area contributed by atoms with Crippen LogP contribution in [0.1, 0.15) is 28.4 Å². The van der Waals surface area contributed by atoms with Crippen molar-refractivity contribution in [2.24, 2.45) is 0 Å². The molecule has 92 valence electrons. The molecule has 3 heteroatoms. The van der Waals surface area contributed by atoms with Crippen LogP contribution < -0.4 is 0 Å². The minimum Gasteiger partial charge on any atom is -0.294 e. The zero-order valence-corrected chi connectivity index (χ0v) is 11.8. The van der Waals surface area contributed by atoms with Crippen LogP contribution in [0.4, 0.5) is 0 Å². The van der Waals surface area contributed by atoms with Gasteiger partial charge in [-0.05, 0) is 35.7 Å². The summed E-state index contributed by atoms with van der Waals surface area (Å²) in [7, 11) is 0. The van der Waals surface area contributed by atoms with Gasteiger partial charge >= 0.3 is 0 Å². The number of hydrogen-bond donors (Lipinski definition) is 0. The van der Waals surface area contributed by atoms with E-state index in [1.165, 1.54) is 0 Å². The van der Waals surface area contributed by atoms with Crippen LogP contribution >= 0.6 is 15.9 Å². The standard InChI is InChI=1S/C15H14BrNO/c1-2-12-10-17-8-7-14(12)15(18)9-11-3-5-13(16)6-4-11/h3-8,10H,2,9H2,1H3. The summed E-state index contributed by atoms with van der Waals surface area (Å²) < 4.78 is 1.02. The van der Waals surface area contributed by atoms with Gasteiger partial charge in [-0.3, -0.25) is 9.78 Å². The highest BCUT2D eigenvalue weighted by Gasteiger charge is 2.10. The number of pyridine rings is 1. The van der Waals surface area contributed by atoms with E-state index in [0.29, 0.717) is 6.42 Å². The number of nitrogens with zero attached hydrogens (tertiary/aromatic N) is 1. The topological polar surface area (TPSA) is 30.0 Å². The smallest absolute Gasteiger partial charge is 0.167 e. The summed E-state index contributed by atoms with van der Waals surface area (Å²) >= 11 is 3.39. The van der Waals surface area contributed by atoms with E-state index < -0.39 is 0 Å². The number of benzene rings is 1. The molecule has 0 aliphatic carbocycles. The lowest BCUT2D eigenvalue weighted by Crippen LogP contribution is -2.07. The lowest BCUT2D eigenvalue weighted by Gasteiger charge is -2.06. The lowest BCUT2D eigenvalue weighted by atomic mass is 9.99. The van der Waals surface area contributed by atoms with Crippen LogP contribution in [0.3, 0.4) is 0 Å². The molecule has 2 rings (SSSR count). The molecule has 1 aromatic heterocycles. The molecule has 0 spiro atoms. The Morgan fingerprint density at radius 2 is 1.94 bits per heavy atom. The van der Waals surface area contributed by atoms with Crippen molar-refractivity contribution >= 4 is 21.7 Å². The first-order valence-corrected chi connectivity index (χ1v) is 6.70. The highest BCUT2D eigenvalue weighted by Crippen LogP contribution is 2.15. The van der Waals surface area contributed by atoms with Gasteiger partial charge in [-0.15, -0.1) is 0 Å². The Hall–Kier alpha value is -1.48. The second-order valence-electron chi connectivity index (χ2n) is 4.11. The van der Waals surface area contributed by atoms with Gasteiger partial charge in [0, 0.05) is 28.9 Å². The summed E-state index contributed by atoms with van der Waals surface area (Å²) in [6.45, 7) is 2.04. The Bertz CT molecular complexity index is 549. The second-order valence-corrected chi connectivity index (χ2v) is 5.03. The van der Waals surface area contributed by atoms with Gasteiger partial charge in [0.25, 0.3) is 0 Å². The third-order valence-electron chi connectivity index (χ3n) is 2.86. The van der Waals surface area contributed by atoms with Gasteiger partial charge in [0.05, 0.1) is 0 Å². The van der Waals surface area contributed by atoms with Crippen molar-refractivity contribution in [3.05, 3.63) is 63.9 Å². The molecule has 0 unspecified atom stereocenters. The van der Waals surface area contributed by atoms with Gasteiger partial charge in [-0.25, -0.2) is 0 Å². The van der Waals surface area contributed by atoms with Gasteiger partial charge < -0.3 is 0 Å². The van der Waals surface area contributed by atoms with E-state index in [4.69, 9.17) is 0 Å². The van der Waals surface area contributed by atoms with Crippen molar-refractivity contribution in [3.63, 3.8) is 0 Å². The maximum absolute atomic E-state index is 12.2. The summed E-state index contributed by atoms with van der Waals surface area (Å²) in [5.41, 5.74) is 2.83. The number of ketones is 1. The Balaban J connectivity index is 2.19. The zero-order chi connectivity index (χ0) is 13.0. The SMILES string of the molecule is CCc1cnccc1C(=O)Cc1ccc(Br)cc1. The summed E-state index contributed by atoms with van der Waals surface area (Å²) in [6, 6.07) is 9.65. The van der Waals surface area contributed by atoms with Crippen molar-refractivity contribution in [3.8, 4) is 0 Å². The molecule has 0 aliphatic rings. The molecule has 0 saturated carbocycles. The third kappa shape index (κ3) is 3.05. The van der Waals surface area contributed by atoms with Crippen molar-refractivity contribution in [1.82, 2.24) is 4.98 Å². The molecule has 0 bridgehead atoms.